The highest BCUT2D eigenvalue weighted by Crippen LogP contribution is 2.53. The Morgan fingerprint density at radius 1 is 0.312 bits per heavy atom. The molecule has 0 saturated carbocycles. The van der Waals surface area contributed by atoms with Gasteiger partial charge in [-0.2, -0.15) is 0 Å². The lowest BCUT2D eigenvalue weighted by Crippen LogP contribution is -2.11. The minimum Gasteiger partial charge on any atom is -0.455 e. The van der Waals surface area contributed by atoms with E-state index in [2.05, 4.69) is 229 Å². The first kappa shape index (κ1) is 36.9. The lowest BCUT2D eigenvalue weighted by atomic mass is 9.97. The topological polar surface area (TPSA) is 16.4 Å². The fourth-order valence-corrected chi connectivity index (χ4v) is 12.1. The number of hydrogen-bond acceptors (Lipinski definition) is 4. The van der Waals surface area contributed by atoms with Gasteiger partial charge in [0.05, 0.1) is 27.1 Å². The Labute approximate surface area is 378 Å². The molecule has 0 N–H and O–H groups in total. The molecule has 64 heavy (non-hydrogen) atoms. The van der Waals surface area contributed by atoms with Gasteiger partial charge in [-0.15, -0.1) is 22.7 Å². The molecule has 3 aromatic heterocycles. The Bertz CT molecular complexity index is 3890. The number of fused-ring (bicyclic) bond motifs is 9. The van der Waals surface area contributed by atoms with E-state index < -0.39 is 0 Å². The maximum absolute atomic E-state index is 7.17. The number of anilines is 3. The fourth-order valence-electron chi connectivity index (χ4n) is 9.67. The number of nitrogens with zero attached hydrogens (tertiary/aromatic N) is 1. The van der Waals surface area contributed by atoms with Crippen LogP contribution < -0.4 is 4.90 Å². The third-order valence-corrected chi connectivity index (χ3v) is 15.0. The van der Waals surface area contributed by atoms with Crippen molar-refractivity contribution in [2.45, 2.75) is 0 Å². The van der Waals surface area contributed by atoms with Crippen LogP contribution in [-0.4, -0.2) is 0 Å². The first-order valence-corrected chi connectivity index (χ1v) is 23.3. The molecular formula is C60H37NOS2. The predicted octanol–water partition coefficient (Wildman–Crippen LogP) is 18.5. The molecule has 13 rings (SSSR count). The second-order valence-corrected chi connectivity index (χ2v) is 18.5. The van der Waals surface area contributed by atoms with Crippen molar-refractivity contribution < 1.29 is 4.42 Å². The summed E-state index contributed by atoms with van der Waals surface area (Å²) in [6, 6.07) is 81.6. The van der Waals surface area contributed by atoms with Crippen LogP contribution in [0.25, 0.3) is 107 Å². The van der Waals surface area contributed by atoms with Crippen molar-refractivity contribution in [3.8, 4) is 44.5 Å². The number of furan rings is 1. The van der Waals surface area contributed by atoms with Crippen molar-refractivity contribution in [3.05, 3.63) is 224 Å². The van der Waals surface area contributed by atoms with Crippen LogP contribution in [0.2, 0.25) is 0 Å². The quantitative estimate of drug-likeness (QED) is 0.159. The maximum atomic E-state index is 7.17. The zero-order valence-electron chi connectivity index (χ0n) is 34.5. The predicted molar refractivity (Wildman–Crippen MR) is 276 cm³/mol. The minimum atomic E-state index is 0.860. The molecule has 0 atom stereocenters. The fraction of sp³-hybridized carbons (Fsp3) is 0. The second-order valence-electron chi connectivity index (χ2n) is 16.4. The van der Waals surface area contributed by atoms with Crippen molar-refractivity contribution in [1.29, 1.82) is 0 Å². The first-order valence-electron chi connectivity index (χ1n) is 21.7. The Morgan fingerprint density at radius 2 is 0.906 bits per heavy atom. The lowest BCUT2D eigenvalue weighted by molar-refractivity contribution is 0.670. The number of thiophene rings is 2. The summed E-state index contributed by atoms with van der Waals surface area (Å²) in [5, 5.41) is 7.16. The average molecular weight is 852 g/mol. The van der Waals surface area contributed by atoms with Crippen molar-refractivity contribution in [3.63, 3.8) is 0 Å². The second kappa shape index (κ2) is 15.0. The van der Waals surface area contributed by atoms with Crippen molar-refractivity contribution in [2.24, 2.45) is 0 Å². The molecule has 0 unspecified atom stereocenters. The molecule has 300 valence electrons. The molecule has 0 radical (unpaired) electrons. The molecule has 4 heteroatoms. The smallest absolute Gasteiger partial charge is 0.145 e. The number of rotatable bonds is 7. The van der Waals surface area contributed by atoms with E-state index in [1.165, 1.54) is 62.6 Å². The highest BCUT2D eigenvalue weighted by molar-refractivity contribution is 7.26. The van der Waals surface area contributed by atoms with Crippen LogP contribution in [0.5, 0.6) is 0 Å². The van der Waals surface area contributed by atoms with Gasteiger partial charge < -0.3 is 9.32 Å². The van der Waals surface area contributed by atoms with Crippen LogP contribution in [0.1, 0.15) is 0 Å². The first-order chi connectivity index (χ1) is 31.7. The van der Waals surface area contributed by atoms with Crippen LogP contribution in [0, 0.1) is 0 Å². The Balaban J connectivity index is 1.17. The van der Waals surface area contributed by atoms with Gasteiger partial charge in [-0.05, 0) is 93.5 Å². The highest BCUT2D eigenvalue weighted by atomic mass is 32.1. The Hall–Kier alpha value is -7.76. The Kier molecular flexibility index (Phi) is 8.61. The number of benzene rings is 10. The summed E-state index contributed by atoms with van der Waals surface area (Å²) in [6.07, 6.45) is 0. The summed E-state index contributed by atoms with van der Waals surface area (Å²) < 4.78 is 12.2. The zero-order chi connectivity index (χ0) is 42.1. The van der Waals surface area contributed by atoms with E-state index >= 15 is 0 Å². The van der Waals surface area contributed by atoms with E-state index in [9.17, 15) is 0 Å². The molecule has 13 aromatic rings. The average Bonchev–Trinajstić information content (AvgIpc) is 4.07. The van der Waals surface area contributed by atoms with Gasteiger partial charge in [-0.1, -0.05) is 170 Å². The van der Waals surface area contributed by atoms with E-state index in [1.54, 1.807) is 0 Å². The monoisotopic (exact) mass is 851 g/mol. The van der Waals surface area contributed by atoms with Crippen molar-refractivity contribution in [2.75, 3.05) is 4.90 Å². The van der Waals surface area contributed by atoms with Crippen LogP contribution in [0.4, 0.5) is 17.1 Å². The molecule has 10 aromatic carbocycles. The normalized spacial score (nSPS) is 11.8. The summed E-state index contributed by atoms with van der Waals surface area (Å²) in [5.74, 6) is 0. The van der Waals surface area contributed by atoms with Crippen LogP contribution in [-0.2, 0) is 0 Å². The van der Waals surface area contributed by atoms with Gasteiger partial charge in [0.1, 0.15) is 11.2 Å². The molecule has 0 aliphatic carbocycles. The van der Waals surface area contributed by atoms with Gasteiger partial charge in [0, 0.05) is 46.6 Å². The molecule has 3 heterocycles. The van der Waals surface area contributed by atoms with Gasteiger partial charge >= 0.3 is 0 Å². The minimum absolute atomic E-state index is 0.860. The van der Waals surface area contributed by atoms with E-state index in [4.69, 9.17) is 4.42 Å². The van der Waals surface area contributed by atoms with Gasteiger partial charge in [-0.25, -0.2) is 0 Å². The van der Waals surface area contributed by atoms with E-state index in [0.717, 1.165) is 61.3 Å². The molecule has 0 aliphatic rings. The maximum Gasteiger partial charge on any atom is 0.145 e. The van der Waals surface area contributed by atoms with E-state index in [-0.39, 0.29) is 0 Å². The highest BCUT2D eigenvalue weighted by Gasteiger charge is 2.27. The molecule has 2 nitrogen and oxygen atoms in total. The lowest BCUT2D eigenvalue weighted by Gasteiger charge is -2.29. The molecule has 0 aliphatic heterocycles. The van der Waals surface area contributed by atoms with Crippen molar-refractivity contribution >= 4 is 102 Å². The van der Waals surface area contributed by atoms with Crippen LogP contribution in [0.3, 0.4) is 0 Å². The molecule has 0 fully saturated rings. The summed E-state index contributed by atoms with van der Waals surface area (Å²) in [5.41, 5.74) is 14.3. The molecular weight excluding hydrogens is 815 g/mol. The standard InChI is InChI=1S/C60H37NOS2/c1-5-16-38(17-6-1)42-28-30-48-53(35-42)62-59-45(41-22-11-4-12-23-41)32-33-50(58(48)59)61(51-26-15-25-47-46-24-13-14-27-54(46)64-60(47)51)52-34-44(40-20-9-3-10-21-40)37-56-57(52)49-31-29-43(36-55(49)63-56)39-18-7-2-8-19-39/h1-37H. The third kappa shape index (κ3) is 5.99. The molecule has 0 spiro atoms. The number of hydrogen-bond donors (Lipinski definition) is 0. The van der Waals surface area contributed by atoms with Gasteiger partial charge in [-0.3, -0.25) is 0 Å². The van der Waals surface area contributed by atoms with E-state index in [0.29, 0.717) is 0 Å². The Morgan fingerprint density at radius 3 is 1.62 bits per heavy atom. The largest absolute Gasteiger partial charge is 0.455 e. The van der Waals surface area contributed by atoms with Crippen LogP contribution in [0.15, 0.2) is 229 Å². The summed E-state index contributed by atoms with van der Waals surface area (Å²) >= 11 is 3.74. The summed E-state index contributed by atoms with van der Waals surface area (Å²) in [7, 11) is 0. The molecule has 0 saturated heterocycles. The van der Waals surface area contributed by atoms with Crippen LogP contribution >= 0.6 is 22.7 Å². The van der Waals surface area contributed by atoms with Gasteiger partial charge in [0.2, 0.25) is 0 Å². The zero-order valence-corrected chi connectivity index (χ0v) is 36.2. The third-order valence-electron chi connectivity index (χ3n) is 12.7. The molecule has 0 bridgehead atoms. The summed E-state index contributed by atoms with van der Waals surface area (Å²) in [6.45, 7) is 0. The summed E-state index contributed by atoms with van der Waals surface area (Å²) in [4.78, 5) is 2.56. The SMILES string of the molecule is c1ccc(-c2ccc3c(c2)oc2c(-c4ccccc4)ccc(N(c4cccc5c4sc4ccccc45)c4cc(-c5ccccc5)cc5sc6cc(-c7ccccc7)ccc6c45)c23)cc1. The van der Waals surface area contributed by atoms with E-state index in [1.807, 2.05) is 22.7 Å². The van der Waals surface area contributed by atoms with Crippen molar-refractivity contribution in [1.82, 2.24) is 0 Å². The van der Waals surface area contributed by atoms with Gasteiger partial charge in [0.15, 0.2) is 0 Å². The van der Waals surface area contributed by atoms with Gasteiger partial charge in [0.25, 0.3) is 0 Å². The molecule has 0 amide bonds.